The van der Waals surface area contributed by atoms with Gasteiger partial charge < -0.3 is 5.11 Å². The van der Waals surface area contributed by atoms with Gasteiger partial charge >= 0.3 is 5.97 Å². The summed E-state index contributed by atoms with van der Waals surface area (Å²) in [6.45, 7) is 0. The molecule has 3 nitrogen and oxygen atoms in total. The maximum Gasteiger partial charge on any atom is 0.349 e. The first-order valence-electron chi connectivity index (χ1n) is 4.14. The zero-order chi connectivity index (χ0) is 10.8. The molecule has 2 aromatic rings. The van der Waals surface area contributed by atoms with Gasteiger partial charge in [0, 0.05) is 5.56 Å². The molecule has 0 atom stereocenters. The molecular formula is C10H6ClNO2S. The molecule has 5 heteroatoms. The molecule has 0 saturated carbocycles. The zero-order valence-electron chi connectivity index (χ0n) is 7.48. The van der Waals surface area contributed by atoms with Crippen LogP contribution in [0.1, 0.15) is 9.67 Å². The van der Waals surface area contributed by atoms with Gasteiger partial charge in [-0.3, -0.25) is 0 Å². The van der Waals surface area contributed by atoms with E-state index in [2.05, 4.69) is 4.37 Å². The molecule has 1 aromatic heterocycles. The largest absolute Gasteiger partial charge is 0.477 e. The Kier molecular flexibility index (Phi) is 2.70. The Hall–Kier alpha value is -1.39. The molecule has 0 spiro atoms. The Balaban J connectivity index is 2.52. The Morgan fingerprint density at radius 3 is 2.53 bits per heavy atom. The summed E-state index contributed by atoms with van der Waals surface area (Å²) in [5.74, 6) is -1.04. The molecule has 76 valence electrons. The Labute approximate surface area is 95.1 Å². The van der Waals surface area contributed by atoms with E-state index in [1.54, 1.807) is 0 Å². The lowest BCUT2D eigenvalue weighted by molar-refractivity contribution is 0.0702. The summed E-state index contributed by atoms with van der Waals surface area (Å²) in [7, 11) is 0. The lowest BCUT2D eigenvalue weighted by atomic mass is 10.1. The summed E-state index contributed by atoms with van der Waals surface area (Å²) >= 11 is 6.82. The Morgan fingerprint density at radius 2 is 2.00 bits per heavy atom. The van der Waals surface area contributed by atoms with Gasteiger partial charge in [0.05, 0.1) is 5.02 Å². The number of carboxylic acid groups (broad SMARTS) is 1. The van der Waals surface area contributed by atoms with E-state index in [1.165, 1.54) is 0 Å². The first kappa shape index (κ1) is 10.1. The van der Waals surface area contributed by atoms with E-state index >= 15 is 0 Å². The monoisotopic (exact) mass is 239 g/mol. The summed E-state index contributed by atoms with van der Waals surface area (Å²) in [6.07, 6.45) is 0. The van der Waals surface area contributed by atoms with Crippen LogP contribution in [0.4, 0.5) is 0 Å². The first-order valence-corrected chi connectivity index (χ1v) is 5.29. The third-order valence-electron chi connectivity index (χ3n) is 1.88. The van der Waals surface area contributed by atoms with Crippen LogP contribution in [0.15, 0.2) is 30.3 Å². The van der Waals surface area contributed by atoms with E-state index in [4.69, 9.17) is 16.7 Å². The molecular weight excluding hydrogens is 234 g/mol. The van der Waals surface area contributed by atoms with Crippen molar-refractivity contribution in [2.75, 3.05) is 0 Å². The average molecular weight is 240 g/mol. The number of benzene rings is 1. The van der Waals surface area contributed by atoms with Crippen molar-refractivity contribution >= 4 is 29.1 Å². The Morgan fingerprint density at radius 1 is 1.33 bits per heavy atom. The number of hydrogen-bond donors (Lipinski definition) is 1. The summed E-state index contributed by atoms with van der Waals surface area (Å²) in [6, 6.07) is 9.26. The fraction of sp³-hybridized carbons (Fsp3) is 0. The van der Waals surface area contributed by atoms with Crippen molar-refractivity contribution in [2.45, 2.75) is 0 Å². The second kappa shape index (κ2) is 4.00. The number of aromatic nitrogens is 1. The molecule has 0 fully saturated rings. The van der Waals surface area contributed by atoms with E-state index in [-0.39, 0.29) is 9.90 Å². The third-order valence-corrected chi connectivity index (χ3v) is 3.19. The maximum atomic E-state index is 10.8. The number of aromatic carboxylic acids is 1. The first-order chi connectivity index (χ1) is 7.20. The van der Waals surface area contributed by atoms with E-state index in [0.29, 0.717) is 5.69 Å². The van der Waals surface area contributed by atoms with Crippen molar-refractivity contribution in [3.8, 4) is 11.3 Å². The van der Waals surface area contributed by atoms with E-state index in [1.807, 2.05) is 30.3 Å². The second-order valence-electron chi connectivity index (χ2n) is 2.85. The molecule has 0 unspecified atom stereocenters. The van der Waals surface area contributed by atoms with Gasteiger partial charge in [0.15, 0.2) is 4.88 Å². The quantitative estimate of drug-likeness (QED) is 0.876. The smallest absolute Gasteiger partial charge is 0.349 e. The predicted octanol–water partition coefficient (Wildman–Crippen LogP) is 3.16. The predicted molar refractivity (Wildman–Crippen MR) is 59.5 cm³/mol. The van der Waals surface area contributed by atoms with Crippen molar-refractivity contribution in [3.63, 3.8) is 0 Å². The molecule has 0 aliphatic carbocycles. The van der Waals surface area contributed by atoms with Gasteiger partial charge in [-0.15, -0.1) is 0 Å². The number of nitrogens with zero attached hydrogens (tertiary/aromatic N) is 1. The molecule has 15 heavy (non-hydrogen) atoms. The van der Waals surface area contributed by atoms with Crippen molar-refractivity contribution in [1.29, 1.82) is 0 Å². The van der Waals surface area contributed by atoms with Crippen LogP contribution in [-0.2, 0) is 0 Å². The Bertz CT molecular complexity index is 495. The van der Waals surface area contributed by atoms with Crippen LogP contribution in [-0.4, -0.2) is 15.4 Å². The fourth-order valence-corrected chi connectivity index (χ4v) is 2.21. The molecule has 0 aliphatic rings. The van der Waals surface area contributed by atoms with Crippen LogP contribution < -0.4 is 0 Å². The minimum atomic E-state index is -1.04. The van der Waals surface area contributed by atoms with Crippen LogP contribution >= 0.6 is 23.1 Å². The third kappa shape index (κ3) is 1.86. The SMILES string of the molecule is O=C(O)c1snc(-c2ccccc2)c1Cl. The highest BCUT2D eigenvalue weighted by Gasteiger charge is 2.17. The number of carbonyl (C=O) groups is 1. The number of rotatable bonds is 2. The van der Waals surface area contributed by atoms with Crippen molar-refractivity contribution < 1.29 is 9.90 Å². The van der Waals surface area contributed by atoms with E-state index < -0.39 is 5.97 Å². The van der Waals surface area contributed by atoms with Crippen LogP contribution in [0, 0.1) is 0 Å². The van der Waals surface area contributed by atoms with Crippen molar-refractivity contribution in [2.24, 2.45) is 0 Å². The zero-order valence-corrected chi connectivity index (χ0v) is 9.05. The normalized spacial score (nSPS) is 10.2. The highest BCUT2D eigenvalue weighted by molar-refractivity contribution is 7.09. The van der Waals surface area contributed by atoms with Gasteiger partial charge in [0.1, 0.15) is 5.69 Å². The highest BCUT2D eigenvalue weighted by atomic mass is 35.5. The van der Waals surface area contributed by atoms with Crippen LogP contribution in [0.2, 0.25) is 5.02 Å². The van der Waals surface area contributed by atoms with Crippen LogP contribution in [0.5, 0.6) is 0 Å². The minimum absolute atomic E-state index is 0.0792. The van der Waals surface area contributed by atoms with Crippen LogP contribution in [0.3, 0.4) is 0 Å². The van der Waals surface area contributed by atoms with Gasteiger partial charge in [-0.05, 0) is 11.5 Å². The lowest BCUT2D eigenvalue weighted by Gasteiger charge is -1.96. The number of halogens is 1. The topological polar surface area (TPSA) is 50.2 Å². The van der Waals surface area contributed by atoms with E-state index in [9.17, 15) is 4.79 Å². The summed E-state index contributed by atoms with van der Waals surface area (Å²) < 4.78 is 4.04. The van der Waals surface area contributed by atoms with Crippen molar-refractivity contribution in [3.05, 3.63) is 40.2 Å². The summed E-state index contributed by atoms with van der Waals surface area (Å²) in [5, 5.41) is 9.02. The fourth-order valence-electron chi connectivity index (χ4n) is 1.19. The van der Waals surface area contributed by atoms with Gasteiger partial charge in [-0.2, -0.15) is 4.37 Å². The van der Waals surface area contributed by atoms with Gasteiger partial charge in [-0.25, -0.2) is 4.79 Å². The molecule has 0 bridgehead atoms. The van der Waals surface area contributed by atoms with Crippen molar-refractivity contribution in [1.82, 2.24) is 4.37 Å². The lowest BCUT2D eigenvalue weighted by Crippen LogP contribution is -1.92. The van der Waals surface area contributed by atoms with Gasteiger partial charge in [0.25, 0.3) is 0 Å². The molecule has 0 radical (unpaired) electrons. The van der Waals surface area contributed by atoms with E-state index in [0.717, 1.165) is 17.1 Å². The molecule has 1 N–H and O–H groups in total. The molecule has 2 rings (SSSR count). The molecule has 0 amide bonds. The second-order valence-corrected chi connectivity index (χ2v) is 4.00. The summed E-state index contributed by atoms with van der Waals surface area (Å²) in [5.41, 5.74) is 1.35. The molecule has 0 aliphatic heterocycles. The van der Waals surface area contributed by atoms with Gasteiger partial charge in [-0.1, -0.05) is 41.9 Å². The van der Waals surface area contributed by atoms with Gasteiger partial charge in [0.2, 0.25) is 0 Å². The minimum Gasteiger partial charge on any atom is -0.477 e. The summed E-state index contributed by atoms with van der Waals surface area (Å²) in [4.78, 5) is 10.8. The van der Waals surface area contributed by atoms with Crippen LogP contribution in [0.25, 0.3) is 11.3 Å². The maximum absolute atomic E-state index is 10.8. The molecule has 1 aromatic carbocycles. The number of hydrogen-bond acceptors (Lipinski definition) is 3. The number of carboxylic acids is 1. The standard InChI is InChI=1S/C10H6ClNO2S/c11-7-8(6-4-2-1-3-5-6)12-15-9(7)10(13)14/h1-5H,(H,13,14). The highest BCUT2D eigenvalue weighted by Crippen LogP contribution is 2.32. The molecule has 0 saturated heterocycles. The average Bonchev–Trinajstić information content (AvgIpc) is 2.61. The molecule has 1 heterocycles.